The average molecular weight is 757 g/mol. The summed E-state index contributed by atoms with van der Waals surface area (Å²) in [5, 5.41) is 24.3. The first-order chi connectivity index (χ1) is 26.3. The van der Waals surface area contributed by atoms with Crippen LogP contribution in [0.1, 0.15) is 62.4 Å². The van der Waals surface area contributed by atoms with Crippen LogP contribution < -0.4 is 26.6 Å². The zero-order valence-electron chi connectivity index (χ0n) is 31.2. The maximum absolute atomic E-state index is 14.1. The van der Waals surface area contributed by atoms with Gasteiger partial charge in [0.05, 0.1) is 6.10 Å². The van der Waals surface area contributed by atoms with Crippen molar-refractivity contribution in [3.8, 4) is 11.1 Å². The number of carbonyl (C=O) groups excluding carboxylic acids is 6. The van der Waals surface area contributed by atoms with Gasteiger partial charge in [0, 0.05) is 31.5 Å². The van der Waals surface area contributed by atoms with Crippen molar-refractivity contribution in [1.82, 2.24) is 31.5 Å². The zero-order valence-corrected chi connectivity index (χ0v) is 31.2. The summed E-state index contributed by atoms with van der Waals surface area (Å²) < 4.78 is 14.0. The molecule has 6 N–H and O–H groups in total. The van der Waals surface area contributed by atoms with Gasteiger partial charge >= 0.3 is 0 Å². The molecule has 2 heterocycles. The number of nitrogens with zero attached hydrogens (tertiary/aromatic N) is 1. The second-order valence-electron chi connectivity index (χ2n) is 14.6. The van der Waals surface area contributed by atoms with Crippen LogP contribution in [0.4, 0.5) is 4.39 Å². The summed E-state index contributed by atoms with van der Waals surface area (Å²) in [7, 11) is 0. The molecule has 3 aromatic rings. The number of nitrogens with one attached hydrogen (secondary N) is 5. The fraction of sp³-hybridized carbons (Fsp3) is 0.415. The van der Waals surface area contributed by atoms with Crippen molar-refractivity contribution in [1.29, 1.82) is 0 Å². The number of halogens is 1. The van der Waals surface area contributed by atoms with Crippen molar-refractivity contribution in [2.75, 3.05) is 13.1 Å². The first-order valence-corrected chi connectivity index (χ1v) is 18.7. The smallest absolute Gasteiger partial charge is 0.251 e. The van der Waals surface area contributed by atoms with Gasteiger partial charge in [-0.3, -0.25) is 28.8 Å². The number of amides is 6. The maximum Gasteiger partial charge on any atom is 0.251 e. The lowest BCUT2D eigenvalue weighted by molar-refractivity contribution is -0.141. The Morgan fingerprint density at radius 3 is 2.24 bits per heavy atom. The number of benzene rings is 3. The molecule has 0 spiro atoms. The second kappa shape index (κ2) is 18.6. The minimum Gasteiger partial charge on any atom is -0.391 e. The molecule has 0 saturated carbocycles. The number of rotatable bonds is 7. The molecule has 2 aliphatic heterocycles. The Hall–Kier alpha value is -5.63. The molecular weight excluding hydrogens is 707 g/mol. The van der Waals surface area contributed by atoms with E-state index in [1.807, 2.05) is 19.9 Å². The Morgan fingerprint density at radius 1 is 0.855 bits per heavy atom. The normalized spacial score (nSPS) is 24.5. The maximum atomic E-state index is 14.1. The lowest BCUT2D eigenvalue weighted by Gasteiger charge is -2.29. The van der Waals surface area contributed by atoms with E-state index in [-0.39, 0.29) is 56.7 Å². The van der Waals surface area contributed by atoms with Crippen molar-refractivity contribution in [3.05, 3.63) is 95.8 Å². The Balaban J connectivity index is 1.45. The van der Waals surface area contributed by atoms with Gasteiger partial charge < -0.3 is 36.6 Å². The number of carbonyl (C=O) groups is 6. The van der Waals surface area contributed by atoms with Crippen molar-refractivity contribution in [3.63, 3.8) is 0 Å². The van der Waals surface area contributed by atoms with Crippen molar-refractivity contribution >= 4 is 35.4 Å². The van der Waals surface area contributed by atoms with Crippen LogP contribution in [0.25, 0.3) is 11.1 Å². The van der Waals surface area contributed by atoms with Crippen LogP contribution in [0, 0.1) is 11.7 Å². The van der Waals surface area contributed by atoms with E-state index in [1.54, 1.807) is 60.7 Å². The van der Waals surface area contributed by atoms with Gasteiger partial charge in [0.2, 0.25) is 29.5 Å². The minimum atomic E-state index is -1.17. The molecule has 2 aliphatic rings. The van der Waals surface area contributed by atoms with Crippen LogP contribution in [-0.4, -0.2) is 94.9 Å². The van der Waals surface area contributed by atoms with Crippen LogP contribution in [0.5, 0.6) is 0 Å². The summed E-state index contributed by atoms with van der Waals surface area (Å²) in [6.07, 6.45) is -0.404. The highest BCUT2D eigenvalue weighted by Gasteiger charge is 2.41. The molecule has 6 amide bonds. The fourth-order valence-electron chi connectivity index (χ4n) is 6.89. The molecule has 292 valence electrons. The van der Waals surface area contributed by atoms with E-state index in [4.69, 9.17) is 0 Å². The lowest BCUT2D eigenvalue weighted by Crippen LogP contribution is -2.59. The molecule has 3 aromatic carbocycles. The van der Waals surface area contributed by atoms with Crippen molar-refractivity contribution in [2.45, 2.75) is 89.2 Å². The van der Waals surface area contributed by atoms with Gasteiger partial charge in [-0.15, -0.1) is 0 Å². The summed E-state index contributed by atoms with van der Waals surface area (Å²) in [4.78, 5) is 83.6. The average Bonchev–Trinajstić information content (AvgIpc) is 3.56. The number of hydrogen-bond acceptors (Lipinski definition) is 7. The van der Waals surface area contributed by atoms with E-state index in [0.717, 1.165) is 5.56 Å². The van der Waals surface area contributed by atoms with Crippen LogP contribution in [0.15, 0.2) is 78.9 Å². The molecule has 0 aliphatic carbocycles. The largest absolute Gasteiger partial charge is 0.391 e. The lowest BCUT2D eigenvalue weighted by atomic mass is 10.00. The third-order valence-corrected chi connectivity index (χ3v) is 9.72. The van der Waals surface area contributed by atoms with Gasteiger partial charge in [-0.25, -0.2) is 4.39 Å². The molecule has 13 nitrogen and oxygen atoms in total. The predicted molar refractivity (Wildman–Crippen MR) is 203 cm³/mol. The summed E-state index contributed by atoms with van der Waals surface area (Å²) in [6.45, 7) is 5.20. The van der Waals surface area contributed by atoms with Crippen LogP contribution in [0.2, 0.25) is 0 Å². The molecule has 2 fully saturated rings. The Bertz CT molecular complexity index is 1870. The minimum absolute atomic E-state index is 0.00283. The van der Waals surface area contributed by atoms with E-state index in [0.29, 0.717) is 11.1 Å². The van der Waals surface area contributed by atoms with Crippen molar-refractivity contribution < 1.29 is 38.3 Å². The third kappa shape index (κ3) is 11.0. The van der Waals surface area contributed by atoms with E-state index >= 15 is 0 Å². The number of hydrogen-bond donors (Lipinski definition) is 6. The molecule has 5 rings (SSSR count). The van der Waals surface area contributed by atoms with Crippen LogP contribution >= 0.6 is 0 Å². The summed E-state index contributed by atoms with van der Waals surface area (Å²) >= 11 is 0. The highest BCUT2D eigenvalue weighted by atomic mass is 19.1. The van der Waals surface area contributed by atoms with E-state index in [9.17, 15) is 38.3 Å². The first-order valence-electron chi connectivity index (χ1n) is 18.7. The number of fused-ring (bicyclic) bond motifs is 1. The third-order valence-electron chi connectivity index (χ3n) is 9.72. The Labute approximate surface area is 319 Å². The second-order valence-corrected chi connectivity index (χ2v) is 14.6. The predicted octanol–water partition coefficient (Wildman–Crippen LogP) is 2.23. The highest BCUT2D eigenvalue weighted by Crippen LogP contribution is 2.22. The molecule has 0 aromatic heterocycles. The summed E-state index contributed by atoms with van der Waals surface area (Å²) in [5.74, 6) is -4.06. The summed E-state index contributed by atoms with van der Waals surface area (Å²) in [6, 6.07) is 16.0. The molecule has 2 saturated heterocycles. The molecule has 6 atom stereocenters. The van der Waals surface area contributed by atoms with Gasteiger partial charge in [-0.05, 0) is 73.1 Å². The van der Waals surface area contributed by atoms with E-state index in [1.165, 1.54) is 24.0 Å². The fourth-order valence-corrected chi connectivity index (χ4v) is 6.89. The van der Waals surface area contributed by atoms with Crippen molar-refractivity contribution in [2.24, 2.45) is 5.92 Å². The quantitative estimate of drug-likeness (QED) is 0.214. The Morgan fingerprint density at radius 2 is 1.53 bits per heavy atom. The molecule has 0 unspecified atom stereocenters. The molecule has 14 heteroatoms. The van der Waals surface area contributed by atoms with Crippen LogP contribution in [-0.2, 0) is 30.4 Å². The highest BCUT2D eigenvalue weighted by molar-refractivity contribution is 6.00. The Kier molecular flexibility index (Phi) is 13.7. The standard InChI is InChI=1S/C41H49FN6O7/c1-24(2)18-33-38(52)44-25(3)41(55)48-23-31(49)22-35(48)40(54)43-17-9-16-32(37(51)47-34(39(53)46-33)19-26-10-5-4-6-11-26)45-36(50)29-14-7-12-27(20-29)28-13-8-15-30(42)21-28/h4-8,10-15,20-21,24-25,31-35,49H,9,16-19,22-23H2,1-3H3,(H,43,54)(H,44,52)(H,45,50)(H,46,53)(H,47,51)/t25-,31+,32-,33-,34+,35-/m0/s1. The summed E-state index contributed by atoms with van der Waals surface area (Å²) in [5.41, 5.74) is 2.09. The molecular formula is C41H49FN6O7. The van der Waals surface area contributed by atoms with E-state index in [2.05, 4.69) is 26.6 Å². The molecule has 0 radical (unpaired) electrons. The first kappa shape index (κ1) is 40.6. The van der Waals surface area contributed by atoms with Gasteiger partial charge in [0.15, 0.2) is 0 Å². The van der Waals surface area contributed by atoms with Gasteiger partial charge in [-0.1, -0.05) is 68.4 Å². The SMILES string of the molecule is CC(C)C[C@@H]1NC(=O)[C@@H](Cc2ccccc2)NC(=O)[C@@H](NC(=O)c2cccc(-c3cccc(F)c3)c2)CCCNC(=O)[C@@H]2C[C@@H](O)CN2C(=O)[C@H](C)NC1=O. The van der Waals surface area contributed by atoms with Gasteiger partial charge in [-0.2, -0.15) is 0 Å². The monoisotopic (exact) mass is 756 g/mol. The number of aliphatic hydroxyl groups is 1. The molecule has 55 heavy (non-hydrogen) atoms. The molecule has 0 bridgehead atoms. The topological polar surface area (TPSA) is 186 Å². The van der Waals surface area contributed by atoms with Crippen LogP contribution in [0.3, 0.4) is 0 Å². The number of aliphatic hydroxyl groups excluding tert-OH is 1. The zero-order chi connectivity index (χ0) is 39.6. The van der Waals surface area contributed by atoms with E-state index < -0.39 is 77.6 Å². The van der Waals surface area contributed by atoms with Gasteiger partial charge in [0.1, 0.15) is 36.0 Å². The van der Waals surface area contributed by atoms with Gasteiger partial charge in [0.25, 0.3) is 5.91 Å².